The molecule has 4 nitrogen and oxygen atoms in total. The summed E-state index contributed by atoms with van der Waals surface area (Å²) >= 11 is 3.53. The van der Waals surface area contributed by atoms with Crippen LogP contribution in [0.4, 0.5) is 0 Å². The number of rotatable bonds is 4. The van der Waals surface area contributed by atoms with E-state index in [9.17, 15) is 4.79 Å². The minimum absolute atomic E-state index is 0.0143. The van der Waals surface area contributed by atoms with E-state index >= 15 is 0 Å². The van der Waals surface area contributed by atoms with E-state index in [4.69, 9.17) is 0 Å². The molecule has 0 bridgehead atoms. The highest BCUT2D eigenvalue weighted by Crippen LogP contribution is 2.24. The quantitative estimate of drug-likeness (QED) is 0.751. The van der Waals surface area contributed by atoms with Gasteiger partial charge in [-0.05, 0) is 36.2 Å². The summed E-state index contributed by atoms with van der Waals surface area (Å²) in [4.78, 5) is 14.8. The average Bonchev–Trinajstić information content (AvgIpc) is 2.86. The summed E-state index contributed by atoms with van der Waals surface area (Å²) in [5.41, 5.74) is 4.68. The number of H-pyrrole nitrogens is 1. The predicted octanol–water partition coefficient (Wildman–Crippen LogP) is 3.23. The second kappa shape index (κ2) is 6.10. The molecule has 0 aliphatic carbocycles. The second-order valence-electron chi connectivity index (χ2n) is 5.57. The zero-order chi connectivity index (χ0) is 15.7. The van der Waals surface area contributed by atoms with E-state index < -0.39 is 0 Å². The summed E-state index contributed by atoms with van der Waals surface area (Å²) < 4.78 is 2.70. The molecule has 0 fully saturated rings. The lowest BCUT2D eigenvalue weighted by molar-refractivity contribution is 0.675. The molecule has 0 aliphatic heterocycles. The Morgan fingerprint density at radius 3 is 2.82 bits per heavy atom. The molecular formula is C17H18BrN3O. The Morgan fingerprint density at radius 2 is 2.05 bits per heavy atom. The molecule has 3 aromatic rings. The van der Waals surface area contributed by atoms with Crippen molar-refractivity contribution in [3.05, 3.63) is 68.2 Å². The van der Waals surface area contributed by atoms with E-state index in [1.807, 2.05) is 12.3 Å². The average molecular weight is 360 g/mol. The molecule has 0 amide bonds. The van der Waals surface area contributed by atoms with Crippen molar-refractivity contribution in [1.82, 2.24) is 14.9 Å². The van der Waals surface area contributed by atoms with Crippen LogP contribution >= 0.6 is 15.9 Å². The van der Waals surface area contributed by atoms with Crippen LogP contribution in [0.1, 0.15) is 16.8 Å². The van der Waals surface area contributed by atoms with Gasteiger partial charge in [-0.1, -0.05) is 22.0 Å². The van der Waals surface area contributed by atoms with Gasteiger partial charge in [-0.3, -0.25) is 4.79 Å². The summed E-state index contributed by atoms with van der Waals surface area (Å²) in [7, 11) is 1.77. The van der Waals surface area contributed by atoms with Crippen molar-refractivity contribution in [2.45, 2.75) is 20.0 Å². The minimum Gasteiger partial charge on any atom is -0.357 e. The summed E-state index contributed by atoms with van der Waals surface area (Å²) in [6.07, 6.45) is 1.86. The maximum Gasteiger partial charge on any atom is 0.250 e. The molecule has 114 valence electrons. The van der Waals surface area contributed by atoms with Gasteiger partial charge in [0.2, 0.25) is 5.56 Å². The third-order valence-electron chi connectivity index (χ3n) is 3.74. The van der Waals surface area contributed by atoms with Crippen molar-refractivity contribution in [2.75, 3.05) is 0 Å². The summed E-state index contributed by atoms with van der Waals surface area (Å²) in [6, 6.07) is 9.86. The Hall–Kier alpha value is -1.85. The van der Waals surface area contributed by atoms with Crippen LogP contribution in [0.25, 0.3) is 10.9 Å². The van der Waals surface area contributed by atoms with E-state index in [1.165, 1.54) is 16.5 Å². The number of fused-ring (bicyclic) bond motifs is 1. The predicted molar refractivity (Wildman–Crippen MR) is 93.0 cm³/mol. The standard InChI is InChI=1S/C17H18BrN3O/c1-11-5-14(18)6-13-7-15(20-17(11)13)9-19-8-12-3-4-16(22)21(2)10-12/h3-7,10,19-20H,8-9H2,1-2H3. The van der Waals surface area contributed by atoms with Gasteiger partial charge in [0, 0.05) is 53.5 Å². The summed E-state index contributed by atoms with van der Waals surface area (Å²) in [6.45, 7) is 3.59. The molecule has 0 spiro atoms. The SMILES string of the molecule is Cc1cc(Br)cc2cc(CNCc3ccc(=O)n(C)c3)[nH]c12. The van der Waals surface area contributed by atoms with Gasteiger partial charge < -0.3 is 14.9 Å². The van der Waals surface area contributed by atoms with Crippen molar-refractivity contribution in [3.63, 3.8) is 0 Å². The number of nitrogens with one attached hydrogen (secondary N) is 2. The number of halogens is 1. The minimum atomic E-state index is 0.0143. The smallest absolute Gasteiger partial charge is 0.250 e. The van der Waals surface area contributed by atoms with E-state index in [1.54, 1.807) is 17.7 Å². The molecular weight excluding hydrogens is 342 g/mol. The monoisotopic (exact) mass is 359 g/mol. The lowest BCUT2D eigenvalue weighted by Gasteiger charge is -2.05. The van der Waals surface area contributed by atoms with Gasteiger partial charge in [0.1, 0.15) is 0 Å². The van der Waals surface area contributed by atoms with Crippen LogP contribution in [0.2, 0.25) is 0 Å². The topological polar surface area (TPSA) is 49.8 Å². The Labute approximate surface area is 137 Å². The molecule has 2 heterocycles. The van der Waals surface area contributed by atoms with E-state index in [0.29, 0.717) is 0 Å². The van der Waals surface area contributed by atoms with Gasteiger partial charge in [0.05, 0.1) is 0 Å². The molecule has 0 saturated carbocycles. The van der Waals surface area contributed by atoms with Gasteiger partial charge in [-0.25, -0.2) is 0 Å². The first-order valence-electron chi connectivity index (χ1n) is 7.17. The second-order valence-corrected chi connectivity index (χ2v) is 6.49. The third kappa shape index (κ3) is 3.15. The largest absolute Gasteiger partial charge is 0.357 e. The molecule has 2 aromatic heterocycles. The van der Waals surface area contributed by atoms with Crippen LogP contribution in [0.5, 0.6) is 0 Å². The fourth-order valence-electron chi connectivity index (χ4n) is 2.63. The number of aromatic amines is 1. The lowest BCUT2D eigenvalue weighted by Crippen LogP contribution is -2.18. The zero-order valence-corrected chi connectivity index (χ0v) is 14.2. The number of hydrogen-bond acceptors (Lipinski definition) is 2. The highest BCUT2D eigenvalue weighted by atomic mass is 79.9. The first-order valence-corrected chi connectivity index (χ1v) is 7.96. The van der Waals surface area contributed by atoms with E-state index in [-0.39, 0.29) is 5.56 Å². The highest BCUT2D eigenvalue weighted by molar-refractivity contribution is 9.10. The number of aryl methyl sites for hydroxylation is 2. The van der Waals surface area contributed by atoms with Gasteiger partial charge >= 0.3 is 0 Å². The fraction of sp³-hybridized carbons (Fsp3) is 0.235. The van der Waals surface area contributed by atoms with Crippen molar-refractivity contribution >= 4 is 26.8 Å². The van der Waals surface area contributed by atoms with Gasteiger partial charge in [-0.15, -0.1) is 0 Å². The van der Waals surface area contributed by atoms with Crippen LogP contribution in [0.3, 0.4) is 0 Å². The van der Waals surface area contributed by atoms with Gasteiger partial charge in [0.25, 0.3) is 0 Å². The number of pyridine rings is 1. The van der Waals surface area contributed by atoms with Crippen molar-refractivity contribution in [3.8, 4) is 0 Å². The van der Waals surface area contributed by atoms with Gasteiger partial charge in [0.15, 0.2) is 0 Å². The Kier molecular flexibility index (Phi) is 4.18. The number of aromatic nitrogens is 2. The van der Waals surface area contributed by atoms with Crippen LogP contribution in [-0.2, 0) is 20.1 Å². The van der Waals surface area contributed by atoms with E-state index in [0.717, 1.165) is 28.8 Å². The van der Waals surface area contributed by atoms with E-state index in [2.05, 4.69) is 51.4 Å². The van der Waals surface area contributed by atoms with Crippen molar-refractivity contribution in [1.29, 1.82) is 0 Å². The number of hydrogen-bond donors (Lipinski definition) is 2. The van der Waals surface area contributed by atoms with Crippen molar-refractivity contribution < 1.29 is 0 Å². The highest BCUT2D eigenvalue weighted by Gasteiger charge is 2.05. The molecule has 0 atom stereocenters. The molecule has 22 heavy (non-hydrogen) atoms. The maximum atomic E-state index is 11.4. The molecule has 1 aromatic carbocycles. The van der Waals surface area contributed by atoms with Gasteiger partial charge in [-0.2, -0.15) is 0 Å². The van der Waals surface area contributed by atoms with Crippen LogP contribution < -0.4 is 10.9 Å². The molecule has 2 N–H and O–H groups in total. The molecule has 0 aliphatic rings. The molecule has 0 radical (unpaired) electrons. The molecule has 0 unspecified atom stereocenters. The lowest BCUT2D eigenvalue weighted by atomic mass is 10.2. The number of nitrogens with zero attached hydrogens (tertiary/aromatic N) is 1. The normalized spacial score (nSPS) is 11.2. The number of benzene rings is 1. The fourth-order valence-corrected chi connectivity index (χ4v) is 3.22. The Balaban J connectivity index is 1.70. The first kappa shape index (κ1) is 15.1. The molecule has 0 saturated heterocycles. The zero-order valence-electron chi connectivity index (χ0n) is 12.6. The van der Waals surface area contributed by atoms with Crippen LogP contribution in [0.15, 0.2) is 45.8 Å². The maximum absolute atomic E-state index is 11.4. The molecule has 5 heteroatoms. The Morgan fingerprint density at radius 1 is 1.23 bits per heavy atom. The Bertz CT molecular complexity index is 879. The van der Waals surface area contributed by atoms with Crippen LogP contribution in [-0.4, -0.2) is 9.55 Å². The summed E-state index contributed by atoms with van der Waals surface area (Å²) in [5.74, 6) is 0. The molecule has 3 rings (SSSR count). The first-order chi connectivity index (χ1) is 10.5. The van der Waals surface area contributed by atoms with Crippen molar-refractivity contribution in [2.24, 2.45) is 7.05 Å². The van der Waals surface area contributed by atoms with Crippen LogP contribution in [0, 0.1) is 6.92 Å². The third-order valence-corrected chi connectivity index (χ3v) is 4.20. The summed E-state index contributed by atoms with van der Waals surface area (Å²) in [5, 5.41) is 4.62.